The van der Waals surface area contributed by atoms with Gasteiger partial charge in [0.1, 0.15) is 0 Å². The summed E-state index contributed by atoms with van der Waals surface area (Å²) in [5.41, 5.74) is 0. The van der Waals surface area contributed by atoms with Crippen molar-refractivity contribution in [2.45, 2.75) is 51.2 Å². The zero-order valence-electron chi connectivity index (χ0n) is 12.3. The first-order chi connectivity index (χ1) is 9.25. The molecular weight excluding hydrogens is 240 g/mol. The maximum atomic E-state index is 10.1. The van der Waals surface area contributed by atoms with Crippen LogP contribution >= 0.6 is 0 Å². The Morgan fingerprint density at radius 2 is 1.89 bits per heavy atom. The van der Waals surface area contributed by atoms with Crippen LogP contribution in [-0.4, -0.2) is 61.5 Å². The normalized spacial score (nSPS) is 26.2. The smallest absolute Gasteiger partial charge is 0.0791 e. The van der Waals surface area contributed by atoms with Gasteiger partial charge in [-0.2, -0.15) is 0 Å². The lowest BCUT2D eigenvalue weighted by atomic mass is 9.84. The predicted molar refractivity (Wildman–Crippen MR) is 77.3 cm³/mol. The van der Waals surface area contributed by atoms with Crippen LogP contribution < -0.4 is 5.32 Å². The average Bonchev–Trinajstić information content (AvgIpc) is 2.47. The molecule has 2 aliphatic rings. The number of nitrogens with zero attached hydrogens (tertiary/aromatic N) is 1. The van der Waals surface area contributed by atoms with Crippen molar-refractivity contribution in [3.63, 3.8) is 0 Å². The van der Waals surface area contributed by atoms with E-state index in [4.69, 9.17) is 4.74 Å². The van der Waals surface area contributed by atoms with Crippen LogP contribution in [0.3, 0.4) is 0 Å². The van der Waals surface area contributed by atoms with E-state index in [0.29, 0.717) is 6.04 Å². The summed E-state index contributed by atoms with van der Waals surface area (Å²) in [4.78, 5) is 2.29. The molecule has 0 aromatic heterocycles. The molecular formula is C15H30N2O2. The van der Waals surface area contributed by atoms with E-state index in [1.165, 1.54) is 32.1 Å². The van der Waals surface area contributed by atoms with E-state index in [-0.39, 0.29) is 6.10 Å². The van der Waals surface area contributed by atoms with Gasteiger partial charge in [0.2, 0.25) is 0 Å². The number of ether oxygens (including phenoxy) is 1. The van der Waals surface area contributed by atoms with Gasteiger partial charge < -0.3 is 15.2 Å². The quantitative estimate of drug-likeness (QED) is 0.762. The summed E-state index contributed by atoms with van der Waals surface area (Å²) >= 11 is 0. The van der Waals surface area contributed by atoms with E-state index < -0.39 is 0 Å². The van der Waals surface area contributed by atoms with Crippen molar-refractivity contribution in [3.05, 3.63) is 0 Å². The van der Waals surface area contributed by atoms with Gasteiger partial charge in [0.25, 0.3) is 0 Å². The third-order valence-electron chi connectivity index (χ3n) is 4.61. The monoisotopic (exact) mass is 270 g/mol. The second kappa shape index (κ2) is 8.20. The summed E-state index contributed by atoms with van der Waals surface area (Å²) in [6, 6.07) is 0.541. The molecule has 0 aromatic carbocycles. The van der Waals surface area contributed by atoms with Gasteiger partial charge in [-0.15, -0.1) is 0 Å². The lowest BCUT2D eigenvalue weighted by molar-refractivity contribution is 0.0141. The first kappa shape index (κ1) is 15.2. The van der Waals surface area contributed by atoms with Crippen LogP contribution in [0.25, 0.3) is 0 Å². The fraction of sp³-hybridized carbons (Fsp3) is 1.00. The van der Waals surface area contributed by atoms with Crippen molar-refractivity contribution >= 4 is 0 Å². The molecule has 2 N–H and O–H groups in total. The molecule has 0 spiro atoms. The van der Waals surface area contributed by atoms with Crippen LogP contribution in [0.4, 0.5) is 0 Å². The summed E-state index contributed by atoms with van der Waals surface area (Å²) in [5.74, 6) is 0.810. The van der Waals surface area contributed by atoms with Crippen molar-refractivity contribution in [1.82, 2.24) is 10.2 Å². The maximum absolute atomic E-state index is 10.1. The Labute approximate surface area is 117 Å². The highest BCUT2D eigenvalue weighted by Gasteiger charge is 2.21. The molecule has 19 heavy (non-hydrogen) atoms. The molecule has 1 aliphatic heterocycles. The number of aliphatic hydroxyl groups excluding tert-OH is 1. The van der Waals surface area contributed by atoms with E-state index >= 15 is 0 Å². The van der Waals surface area contributed by atoms with Crippen molar-refractivity contribution < 1.29 is 9.84 Å². The lowest BCUT2D eigenvalue weighted by Gasteiger charge is -2.31. The van der Waals surface area contributed by atoms with Gasteiger partial charge in [0, 0.05) is 32.2 Å². The molecule has 1 unspecified atom stereocenters. The molecule has 0 radical (unpaired) electrons. The Morgan fingerprint density at radius 1 is 1.21 bits per heavy atom. The number of hydrogen-bond acceptors (Lipinski definition) is 4. The maximum Gasteiger partial charge on any atom is 0.0791 e. The molecule has 1 aliphatic carbocycles. The number of hydrogen-bond donors (Lipinski definition) is 2. The van der Waals surface area contributed by atoms with Crippen molar-refractivity contribution in [2.75, 3.05) is 39.4 Å². The highest BCUT2D eigenvalue weighted by atomic mass is 16.5. The number of aliphatic hydroxyl groups is 1. The minimum atomic E-state index is -0.260. The molecule has 1 saturated carbocycles. The van der Waals surface area contributed by atoms with Gasteiger partial charge in [0.15, 0.2) is 0 Å². The summed E-state index contributed by atoms with van der Waals surface area (Å²) in [6.45, 7) is 7.28. The van der Waals surface area contributed by atoms with Gasteiger partial charge >= 0.3 is 0 Å². The van der Waals surface area contributed by atoms with E-state index in [1.807, 2.05) is 0 Å². The summed E-state index contributed by atoms with van der Waals surface area (Å²) in [7, 11) is 0. The summed E-state index contributed by atoms with van der Waals surface area (Å²) in [5, 5.41) is 13.6. The molecule has 2 fully saturated rings. The van der Waals surface area contributed by atoms with Crippen LogP contribution in [0.1, 0.15) is 39.0 Å². The largest absolute Gasteiger partial charge is 0.390 e. The Kier molecular flexibility index (Phi) is 6.57. The second-order valence-corrected chi connectivity index (χ2v) is 6.16. The molecule has 2 atom stereocenters. The average molecular weight is 270 g/mol. The lowest BCUT2D eigenvalue weighted by Crippen LogP contribution is -2.46. The number of morpholine rings is 1. The number of rotatable bonds is 6. The highest BCUT2D eigenvalue weighted by Crippen LogP contribution is 2.26. The molecule has 0 bridgehead atoms. The highest BCUT2D eigenvalue weighted by molar-refractivity contribution is 4.78. The van der Waals surface area contributed by atoms with Gasteiger partial charge in [0.05, 0.1) is 19.3 Å². The van der Waals surface area contributed by atoms with Crippen LogP contribution in [0, 0.1) is 5.92 Å². The van der Waals surface area contributed by atoms with E-state index in [1.54, 1.807) is 0 Å². The van der Waals surface area contributed by atoms with Gasteiger partial charge in [-0.1, -0.05) is 19.3 Å². The minimum absolute atomic E-state index is 0.260. The summed E-state index contributed by atoms with van der Waals surface area (Å²) < 4.78 is 5.32. The second-order valence-electron chi connectivity index (χ2n) is 6.16. The third kappa shape index (κ3) is 5.38. The first-order valence-corrected chi connectivity index (χ1v) is 7.97. The van der Waals surface area contributed by atoms with Crippen molar-refractivity contribution in [2.24, 2.45) is 5.92 Å². The van der Waals surface area contributed by atoms with Crippen LogP contribution in [0.15, 0.2) is 0 Å². The van der Waals surface area contributed by atoms with Crippen molar-refractivity contribution in [1.29, 1.82) is 0 Å². The Morgan fingerprint density at radius 3 is 2.58 bits per heavy atom. The van der Waals surface area contributed by atoms with Crippen molar-refractivity contribution in [3.8, 4) is 0 Å². The fourth-order valence-corrected chi connectivity index (χ4v) is 3.27. The van der Waals surface area contributed by atoms with E-state index in [9.17, 15) is 5.11 Å². The van der Waals surface area contributed by atoms with Gasteiger partial charge in [-0.25, -0.2) is 0 Å². The zero-order chi connectivity index (χ0) is 13.5. The molecule has 4 nitrogen and oxygen atoms in total. The van der Waals surface area contributed by atoms with Crippen LogP contribution in [0.5, 0.6) is 0 Å². The van der Waals surface area contributed by atoms with Gasteiger partial charge in [-0.05, 0) is 25.7 Å². The molecule has 2 rings (SSSR count). The Balaban J connectivity index is 1.60. The Bertz CT molecular complexity index is 238. The molecule has 0 amide bonds. The van der Waals surface area contributed by atoms with Gasteiger partial charge in [-0.3, -0.25) is 4.90 Å². The molecule has 4 heteroatoms. The molecule has 1 saturated heterocycles. The summed E-state index contributed by atoms with van der Waals surface area (Å²) in [6.07, 6.45) is 6.62. The number of β-amino-alcohol motifs (C(OH)–C–C–N with tert-alkyl or cyclic N) is 1. The van der Waals surface area contributed by atoms with Crippen LogP contribution in [-0.2, 0) is 4.74 Å². The fourth-order valence-electron chi connectivity index (χ4n) is 3.27. The van der Waals surface area contributed by atoms with Crippen LogP contribution in [0.2, 0.25) is 0 Å². The predicted octanol–water partition coefficient (Wildman–Crippen LogP) is 1.24. The Hall–Kier alpha value is -0.160. The molecule has 112 valence electrons. The minimum Gasteiger partial charge on any atom is -0.390 e. The first-order valence-electron chi connectivity index (χ1n) is 7.97. The molecule has 0 aromatic rings. The SMILES string of the molecule is C[C@H](NCC(O)CN1CCOCC1)C1CCCCC1. The van der Waals surface area contributed by atoms with E-state index in [2.05, 4.69) is 17.1 Å². The number of nitrogens with one attached hydrogen (secondary N) is 1. The zero-order valence-corrected chi connectivity index (χ0v) is 12.3. The standard InChI is InChI=1S/C15H30N2O2/c1-13(14-5-3-2-4-6-14)16-11-15(18)12-17-7-9-19-10-8-17/h13-16,18H,2-12H2,1H3/t13-,15?/m0/s1. The topological polar surface area (TPSA) is 44.7 Å². The third-order valence-corrected chi connectivity index (χ3v) is 4.61. The van der Waals surface area contributed by atoms with E-state index in [0.717, 1.165) is 45.3 Å². The molecule has 1 heterocycles.